The highest BCUT2D eigenvalue weighted by Crippen LogP contribution is 2.14. The van der Waals surface area contributed by atoms with E-state index in [-0.39, 0.29) is 0 Å². The molecule has 1 aliphatic rings. The van der Waals surface area contributed by atoms with E-state index < -0.39 is 0 Å². The van der Waals surface area contributed by atoms with E-state index in [0.29, 0.717) is 6.04 Å². The summed E-state index contributed by atoms with van der Waals surface area (Å²) in [6, 6.07) is 11.2. The Hall–Kier alpha value is -1.68. The Morgan fingerprint density at radius 2 is 2.05 bits per heavy atom. The molecule has 0 saturated heterocycles. The van der Waals surface area contributed by atoms with Crippen LogP contribution in [0.15, 0.2) is 30.3 Å². The van der Waals surface area contributed by atoms with Crippen LogP contribution in [-0.2, 0) is 25.9 Å². The summed E-state index contributed by atoms with van der Waals surface area (Å²) in [5, 5.41) is 12.2. The second-order valence-electron chi connectivity index (χ2n) is 5.95. The van der Waals surface area contributed by atoms with Crippen molar-refractivity contribution in [2.45, 2.75) is 58.2 Å². The molecule has 4 heteroatoms. The van der Waals surface area contributed by atoms with E-state index in [0.717, 1.165) is 44.0 Å². The highest BCUT2D eigenvalue weighted by molar-refractivity contribution is 5.14. The Morgan fingerprint density at radius 1 is 1.19 bits per heavy atom. The molecule has 0 fully saturated rings. The summed E-state index contributed by atoms with van der Waals surface area (Å²) in [5.41, 5.74) is 1.41. The molecule has 2 heterocycles. The Labute approximate surface area is 126 Å². The number of benzene rings is 1. The van der Waals surface area contributed by atoms with E-state index in [1.54, 1.807) is 0 Å². The van der Waals surface area contributed by atoms with E-state index in [1.165, 1.54) is 18.4 Å². The number of fused-ring (bicyclic) bond motifs is 1. The molecule has 0 unspecified atom stereocenters. The van der Waals surface area contributed by atoms with E-state index in [9.17, 15) is 0 Å². The Bertz CT molecular complexity index is 561. The van der Waals surface area contributed by atoms with Gasteiger partial charge in [-0.2, -0.15) is 0 Å². The number of nitrogens with one attached hydrogen (secondary N) is 1. The minimum atomic E-state index is 0.488. The minimum absolute atomic E-state index is 0.488. The van der Waals surface area contributed by atoms with Crippen LogP contribution in [0, 0.1) is 0 Å². The summed E-state index contributed by atoms with van der Waals surface area (Å²) in [4.78, 5) is 0. The largest absolute Gasteiger partial charge is 0.314 e. The van der Waals surface area contributed by atoms with Crippen LogP contribution in [0.3, 0.4) is 0 Å². The van der Waals surface area contributed by atoms with Gasteiger partial charge in [0.1, 0.15) is 11.6 Å². The van der Waals surface area contributed by atoms with Gasteiger partial charge in [0, 0.05) is 19.0 Å². The Morgan fingerprint density at radius 3 is 2.90 bits per heavy atom. The van der Waals surface area contributed by atoms with Crippen molar-refractivity contribution in [3.05, 3.63) is 47.5 Å². The number of aryl methyl sites for hydroxylation is 2. The summed E-state index contributed by atoms with van der Waals surface area (Å²) in [6.45, 7) is 4.15. The topological polar surface area (TPSA) is 42.7 Å². The van der Waals surface area contributed by atoms with E-state index in [4.69, 9.17) is 0 Å². The third kappa shape index (κ3) is 3.70. The molecule has 4 nitrogen and oxygen atoms in total. The van der Waals surface area contributed by atoms with E-state index in [2.05, 4.69) is 57.3 Å². The lowest BCUT2D eigenvalue weighted by atomic mass is 10.1. The number of rotatable bonds is 6. The van der Waals surface area contributed by atoms with Crippen LogP contribution in [0.4, 0.5) is 0 Å². The first-order valence-corrected chi connectivity index (χ1v) is 8.01. The normalized spacial score (nSPS) is 15.7. The zero-order valence-electron chi connectivity index (χ0n) is 12.8. The third-order valence-corrected chi connectivity index (χ3v) is 4.25. The fraction of sp³-hybridized carbons (Fsp3) is 0.529. The molecule has 112 valence electrons. The van der Waals surface area contributed by atoms with Crippen molar-refractivity contribution in [2.75, 3.05) is 0 Å². The fourth-order valence-corrected chi connectivity index (χ4v) is 2.89. The molecular formula is C17H24N4. The molecule has 1 aromatic heterocycles. The standard InChI is InChI=1S/C17H24N4/c1-14(10-11-15-7-3-2-4-8-15)18-13-17-20-19-16-9-5-6-12-21(16)17/h2-4,7-8,14,18H,5-6,9-13H2,1H3/t14-/m1/s1. The Kier molecular flexibility index (Phi) is 4.65. The van der Waals surface area contributed by atoms with Crippen molar-refractivity contribution in [3.63, 3.8) is 0 Å². The lowest BCUT2D eigenvalue weighted by molar-refractivity contribution is 0.467. The van der Waals surface area contributed by atoms with Gasteiger partial charge < -0.3 is 9.88 Å². The van der Waals surface area contributed by atoms with Crippen LogP contribution in [0.5, 0.6) is 0 Å². The Balaban J connectivity index is 1.47. The predicted molar refractivity (Wildman–Crippen MR) is 84.0 cm³/mol. The van der Waals surface area contributed by atoms with Crippen LogP contribution in [0.1, 0.15) is 43.4 Å². The van der Waals surface area contributed by atoms with Gasteiger partial charge in [0.25, 0.3) is 0 Å². The number of nitrogens with zero attached hydrogens (tertiary/aromatic N) is 3. The van der Waals surface area contributed by atoms with Gasteiger partial charge in [-0.05, 0) is 38.2 Å². The maximum atomic E-state index is 4.34. The smallest absolute Gasteiger partial charge is 0.147 e. The monoisotopic (exact) mass is 284 g/mol. The summed E-state index contributed by atoms with van der Waals surface area (Å²) in [5.74, 6) is 2.26. The first kappa shape index (κ1) is 14.3. The quantitative estimate of drug-likeness (QED) is 0.887. The fourth-order valence-electron chi connectivity index (χ4n) is 2.89. The van der Waals surface area contributed by atoms with Gasteiger partial charge in [0.15, 0.2) is 0 Å². The highest BCUT2D eigenvalue weighted by Gasteiger charge is 2.15. The molecule has 1 aliphatic heterocycles. The maximum Gasteiger partial charge on any atom is 0.147 e. The molecule has 0 saturated carbocycles. The molecule has 3 rings (SSSR count). The van der Waals surface area contributed by atoms with Crippen molar-refractivity contribution in [2.24, 2.45) is 0 Å². The third-order valence-electron chi connectivity index (χ3n) is 4.25. The second kappa shape index (κ2) is 6.85. The lowest BCUT2D eigenvalue weighted by Crippen LogP contribution is -2.28. The molecule has 0 spiro atoms. The summed E-state index contributed by atoms with van der Waals surface area (Å²) < 4.78 is 2.29. The number of aromatic nitrogens is 3. The van der Waals surface area contributed by atoms with Crippen molar-refractivity contribution >= 4 is 0 Å². The van der Waals surface area contributed by atoms with E-state index in [1.807, 2.05) is 0 Å². The van der Waals surface area contributed by atoms with Crippen molar-refractivity contribution in [1.82, 2.24) is 20.1 Å². The molecule has 1 aromatic carbocycles. The predicted octanol–water partition coefficient (Wildman–Crippen LogP) is 2.73. The first-order chi connectivity index (χ1) is 10.3. The molecular weight excluding hydrogens is 260 g/mol. The average Bonchev–Trinajstić information content (AvgIpc) is 2.95. The molecule has 21 heavy (non-hydrogen) atoms. The molecule has 0 radical (unpaired) electrons. The van der Waals surface area contributed by atoms with Gasteiger partial charge in [0.2, 0.25) is 0 Å². The first-order valence-electron chi connectivity index (χ1n) is 8.01. The second-order valence-corrected chi connectivity index (χ2v) is 5.95. The van der Waals surface area contributed by atoms with Crippen LogP contribution in [0.25, 0.3) is 0 Å². The average molecular weight is 284 g/mol. The van der Waals surface area contributed by atoms with Gasteiger partial charge >= 0.3 is 0 Å². The highest BCUT2D eigenvalue weighted by atomic mass is 15.3. The van der Waals surface area contributed by atoms with Crippen LogP contribution in [-0.4, -0.2) is 20.8 Å². The van der Waals surface area contributed by atoms with Gasteiger partial charge in [-0.15, -0.1) is 10.2 Å². The van der Waals surface area contributed by atoms with Crippen LogP contribution >= 0.6 is 0 Å². The molecule has 2 aromatic rings. The lowest BCUT2D eigenvalue weighted by Gasteiger charge is -2.17. The SMILES string of the molecule is C[C@H](CCc1ccccc1)NCc1nnc2n1CCCC2. The molecule has 0 amide bonds. The van der Waals surface area contributed by atoms with Gasteiger partial charge in [-0.1, -0.05) is 30.3 Å². The molecule has 1 N–H and O–H groups in total. The van der Waals surface area contributed by atoms with Crippen molar-refractivity contribution < 1.29 is 0 Å². The minimum Gasteiger partial charge on any atom is -0.314 e. The van der Waals surface area contributed by atoms with Gasteiger partial charge in [-0.25, -0.2) is 0 Å². The van der Waals surface area contributed by atoms with Crippen molar-refractivity contribution in [3.8, 4) is 0 Å². The van der Waals surface area contributed by atoms with Gasteiger partial charge in [0.05, 0.1) is 6.54 Å². The van der Waals surface area contributed by atoms with Gasteiger partial charge in [-0.3, -0.25) is 0 Å². The zero-order valence-corrected chi connectivity index (χ0v) is 12.8. The number of hydrogen-bond acceptors (Lipinski definition) is 3. The number of hydrogen-bond donors (Lipinski definition) is 1. The van der Waals surface area contributed by atoms with Crippen LogP contribution in [0.2, 0.25) is 0 Å². The van der Waals surface area contributed by atoms with E-state index >= 15 is 0 Å². The molecule has 1 atom stereocenters. The van der Waals surface area contributed by atoms with Crippen LogP contribution < -0.4 is 5.32 Å². The molecule has 0 bridgehead atoms. The zero-order chi connectivity index (χ0) is 14.5. The van der Waals surface area contributed by atoms with Crippen molar-refractivity contribution in [1.29, 1.82) is 0 Å². The maximum absolute atomic E-state index is 4.34. The summed E-state index contributed by atoms with van der Waals surface area (Å²) in [6.07, 6.45) is 5.84. The molecule has 0 aliphatic carbocycles. The summed E-state index contributed by atoms with van der Waals surface area (Å²) in [7, 11) is 0. The summed E-state index contributed by atoms with van der Waals surface area (Å²) >= 11 is 0.